The Morgan fingerprint density at radius 2 is 2.07 bits per heavy atom. The fraction of sp³-hybridized carbons (Fsp3) is 0.143. The van der Waals surface area contributed by atoms with E-state index in [4.69, 9.17) is 13.4 Å². The van der Waals surface area contributed by atoms with E-state index >= 15 is 0 Å². The van der Waals surface area contributed by atoms with Crippen LogP contribution in [0.4, 0.5) is 0 Å². The highest BCUT2D eigenvalue weighted by atomic mass is 32.2. The van der Waals surface area contributed by atoms with Gasteiger partial charge >= 0.3 is 0 Å². The summed E-state index contributed by atoms with van der Waals surface area (Å²) in [5.74, 6) is 0.725. The zero-order valence-electron chi connectivity index (χ0n) is 7.21. The second-order valence-corrected chi connectivity index (χ2v) is 2.95. The number of hydrogen-bond donors (Lipinski definition) is 0. The normalized spacial score (nSPS) is 15.5. The van der Waals surface area contributed by atoms with Crippen LogP contribution in [0.5, 0.6) is 5.75 Å². The zero-order valence-corrected chi connectivity index (χ0v) is 8.84. The van der Waals surface area contributed by atoms with Gasteiger partial charge in [-0.1, -0.05) is 17.1 Å². The molecule has 0 unspecified atom stereocenters. The highest BCUT2D eigenvalue weighted by Gasteiger charge is 2.13. The van der Waals surface area contributed by atoms with Crippen molar-refractivity contribution in [2.75, 3.05) is 7.05 Å². The van der Waals surface area contributed by atoms with E-state index in [0.29, 0.717) is 0 Å². The fourth-order valence-corrected chi connectivity index (χ4v) is 1.35. The van der Waals surface area contributed by atoms with Crippen LogP contribution in [-0.4, -0.2) is 16.5 Å². The second-order valence-electron chi connectivity index (χ2n) is 2.20. The largest absolute Gasteiger partial charge is 0.377 e. The molecule has 1 aliphatic heterocycles. The van der Waals surface area contributed by atoms with Crippen LogP contribution in [0.15, 0.2) is 29.2 Å². The Bertz CT molecular complexity index is 299. The average Bonchev–Trinajstić information content (AvgIpc) is 2.41. The second kappa shape index (κ2) is 5.89. The minimum Gasteiger partial charge on any atom is -0.377 e. The van der Waals surface area contributed by atoms with Crippen molar-refractivity contribution >= 4 is 24.6 Å². The van der Waals surface area contributed by atoms with Crippen LogP contribution in [0.2, 0.25) is 0 Å². The first-order chi connectivity index (χ1) is 6.86. The Morgan fingerprint density at radius 3 is 2.86 bits per heavy atom. The highest BCUT2D eigenvalue weighted by molar-refractivity contribution is 7.94. The van der Waals surface area contributed by atoms with Crippen molar-refractivity contribution in [1.29, 1.82) is 0 Å². The van der Waals surface area contributed by atoms with Gasteiger partial charge in [0, 0.05) is 5.23 Å². The summed E-state index contributed by atoms with van der Waals surface area (Å²) < 4.78 is 12.6. The van der Waals surface area contributed by atoms with Gasteiger partial charge in [0.05, 0.1) is 24.0 Å². The predicted molar refractivity (Wildman–Crippen MR) is 51.0 cm³/mol. The number of rotatable bonds is 0. The van der Waals surface area contributed by atoms with E-state index in [2.05, 4.69) is 17.5 Å². The Balaban J connectivity index is 0.000000461. The molecular weight excluding hydrogens is 226 g/mol. The van der Waals surface area contributed by atoms with Crippen molar-refractivity contribution in [1.82, 2.24) is 5.23 Å². The smallest absolute Gasteiger partial charge is 0.197 e. The molecule has 76 valence electrons. The molecule has 0 aromatic heterocycles. The first-order valence-electron chi connectivity index (χ1n) is 3.55. The van der Waals surface area contributed by atoms with Crippen molar-refractivity contribution in [2.45, 2.75) is 4.90 Å². The lowest BCUT2D eigenvalue weighted by Crippen LogP contribution is -2.20. The molecular formula is C7H7NO4S2. The molecule has 0 atom stereocenters. The number of hydrogen-bond acceptors (Lipinski definition) is 7. The monoisotopic (exact) mass is 233 g/mol. The SMILES string of the molecule is CN1OOSc2ccccc2O1.O=S. The summed E-state index contributed by atoms with van der Waals surface area (Å²) in [6.45, 7) is 0. The number of nitrogens with zero attached hydrogens (tertiary/aromatic N) is 1. The van der Waals surface area contributed by atoms with Crippen LogP contribution >= 0.6 is 12.0 Å². The number of fused-ring (bicyclic) bond motifs is 1. The standard InChI is InChI=1S/C7H7NO3S.OS/c1-8-9-6-4-2-3-5-7(6)12-11-10-8;1-2/h2-5H,1H3;. The maximum atomic E-state index is 7.83. The molecule has 5 nitrogen and oxygen atoms in total. The lowest BCUT2D eigenvalue weighted by molar-refractivity contribution is -0.437. The Morgan fingerprint density at radius 1 is 1.36 bits per heavy atom. The van der Waals surface area contributed by atoms with Gasteiger partial charge in [0.1, 0.15) is 0 Å². The minimum atomic E-state index is 0.725. The van der Waals surface area contributed by atoms with Gasteiger partial charge in [-0.3, -0.25) is 0 Å². The summed E-state index contributed by atoms with van der Waals surface area (Å²) in [4.78, 5) is 10.8. The highest BCUT2D eigenvalue weighted by Crippen LogP contribution is 2.32. The zero-order chi connectivity index (χ0) is 10.4. The van der Waals surface area contributed by atoms with E-state index in [0.717, 1.165) is 27.9 Å². The van der Waals surface area contributed by atoms with E-state index in [9.17, 15) is 0 Å². The first-order valence-corrected chi connectivity index (χ1v) is 4.62. The molecule has 0 radical (unpaired) electrons. The Kier molecular flexibility index (Phi) is 4.77. The van der Waals surface area contributed by atoms with E-state index < -0.39 is 0 Å². The van der Waals surface area contributed by atoms with E-state index in [-0.39, 0.29) is 0 Å². The van der Waals surface area contributed by atoms with Gasteiger partial charge in [-0.05, 0) is 12.1 Å². The Hall–Kier alpha value is -0.730. The number of benzene rings is 1. The van der Waals surface area contributed by atoms with Crippen molar-refractivity contribution in [3.63, 3.8) is 0 Å². The van der Waals surface area contributed by atoms with Crippen LogP contribution in [0.25, 0.3) is 0 Å². The van der Waals surface area contributed by atoms with E-state index in [1.807, 2.05) is 24.3 Å². The van der Waals surface area contributed by atoms with Gasteiger partial charge in [0.2, 0.25) is 0 Å². The van der Waals surface area contributed by atoms with Crippen LogP contribution < -0.4 is 4.84 Å². The third kappa shape index (κ3) is 2.89. The molecule has 0 saturated heterocycles. The van der Waals surface area contributed by atoms with Gasteiger partial charge in [0.25, 0.3) is 0 Å². The van der Waals surface area contributed by atoms with E-state index in [1.54, 1.807) is 7.05 Å². The average molecular weight is 233 g/mol. The molecule has 2 rings (SSSR count). The summed E-state index contributed by atoms with van der Waals surface area (Å²) >= 11 is 3.96. The lowest BCUT2D eigenvalue weighted by Gasteiger charge is -2.09. The van der Waals surface area contributed by atoms with Gasteiger partial charge < -0.3 is 4.84 Å². The van der Waals surface area contributed by atoms with Gasteiger partial charge in [-0.15, -0.1) is 4.33 Å². The van der Waals surface area contributed by atoms with Crippen molar-refractivity contribution < 1.29 is 18.4 Å². The van der Waals surface area contributed by atoms with Crippen molar-refractivity contribution in [3.05, 3.63) is 24.3 Å². The third-order valence-corrected chi connectivity index (χ3v) is 1.98. The molecule has 0 saturated carbocycles. The molecule has 14 heavy (non-hydrogen) atoms. The lowest BCUT2D eigenvalue weighted by atomic mass is 10.3. The first kappa shape index (κ1) is 11.3. The molecule has 1 aromatic rings. The van der Waals surface area contributed by atoms with Gasteiger partial charge in [-0.25, -0.2) is 0 Å². The summed E-state index contributed by atoms with van der Waals surface area (Å²) in [6, 6.07) is 7.53. The number of para-hydroxylation sites is 1. The molecule has 0 N–H and O–H groups in total. The van der Waals surface area contributed by atoms with Crippen molar-refractivity contribution in [3.8, 4) is 5.75 Å². The fourth-order valence-electron chi connectivity index (χ4n) is 0.843. The quantitative estimate of drug-likeness (QED) is 0.496. The molecule has 7 heteroatoms. The Labute approximate surface area is 90.5 Å². The molecule has 0 bridgehead atoms. The van der Waals surface area contributed by atoms with Crippen LogP contribution in [0, 0.1) is 0 Å². The summed E-state index contributed by atoms with van der Waals surface area (Å²) in [7, 11) is 1.61. The minimum absolute atomic E-state index is 0.725. The third-order valence-electron chi connectivity index (χ3n) is 1.34. The number of hydroxylamine groups is 2. The molecule has 1 heterocycles. The molecule has 1 aliphatic rings. The molecule has 0 spiro atoms. The van der Waals surface area contributed by atoms with Gasteiger partial charge in [-0.2, -0.15) is 4.21 Å². The topological polar surface area (TPSA) is 48.0 Å². The molecule has 0 aliphatic carbocycles. The van der Waals surface area contributed by atoms with Gasteiger partial charge in [0.15, 0.2) is 18.3 Å². The molecule has 1 aromatic carbocycles. The molecule has 0 fully saturated rings. The summed E-state index contributed by atoms with van der Waals surface area (Å²) in [6.07, 6.45) is 0. The summed E-state index contributed by atoms with van der Waals surface area (Å²) in [5.41, 5.74) is 0. The van der Waals surface area contributed by atoms with E-state index in [1.165, 1.54) is 0 Å². The molecule has 0 amide bonds. The van der Waals surface area contributed by atoms with Crippen LogP contribution in [0.3, 0.4) is 0 Å². The maximum Gasteiger partial charge on any atom is 0.197 e. The van der Waals surface area contributed by atoms with Crippen molar-refractivity contribution in [2.24, 2.45) is 0 Å². The predicted octanol–water partition coefficient (Wildman–Crippen LogP) is 1.46. The van der Waals surface area contributed by atoms with Crippen LogP contribution in [0.1, 0.15) is 0 Å². The summed E-state index contributed by atoms with van der Waals surface area (Å²) in [5, 5.41) is 1.15. The maximum absolute atomic E-state index is 7.83. The van der Waals surface area contributed by atoms with Crippen LogP contribution in [-0.2, 0) is 21.9 Å².